The van der Waals surface area contributed by atoms with Gasteiger partial charge in [-0.05, 0) is 0 Å². The Morgan fingerprint density at radius 3 is 2.33 bits per heavy atom. The molecule has 2 heteroatoms. The van der Waals surface area contributed by atoms with Crippen molar-refractivity contribution in [2.24, 2.45) is 0 Å². The van der Waals surface area contributed by atoms with Gasteiger partial charge in [0.1, 0.15) is 0 Å². The van der Waals surface area contributed by atoms with Crippen molar-refractivity contribution in [3.8, 4) is 0 Å². The van der Waals surface area contributed by atoms with Crippen LogP contribution in [0.3, 0.4) is 0 Å². The third-order valence-corrected chi connectivity index (χ3v) is 9.77. The smallest absolute Gasteiger partial charge is 0.0700 e. The fourth-order valence-electron chi connectivity index (χ4n) is 2.33. The highest BCUT2D eigenvalue weighted by Gasteiger charge is 2.34. The van der Waals surface area contributed by atoms with Crippen LogP contribution in [0, 0.1) is 0 Å². The van der Waals surface area contributed by atoms with Crippen molar-refractivity contribution in [2.75, 3.05) is 5.50 Å². The van der Waals surface area contributed by atoms with Crippen molar-refractivity contribution in [1.82, 2.24) is 0 Å². The number of halogens is 1. The maximum absolute atomic E-state index is 6.11. The van der Waals surface area contributed by atoms with Crippen LogP contribution in [-0.4, -0.2) is 13.6 Å². The topological polar surface area (TPSA) is 0 Å². The molecule has 0 aliphatic carbocycles. The Labute approximate surface area is 82.7 Å². The normalized spacial score (nSPS) is 21.5. The predicted octanol–water partition coefficient (Wildman–Crippen LogP) is 4.20. The van der Waals surface area contributed by atoms with Crippen LogP contribution in [0.2, 0.25) is 18.1 Å². The molecule has 0 N–H and O–H groups in total. The zero-order chi connectivity index (χ0) is 8.86. The Kier molecular flexibility index (Phi) is 4.66. The molecular weight excluding hydrogens is 184 g/mol. The van der Waals surface area contributed by atoms with E-state index >= 15 is 0 Å². The number of unbranched alkanes of at least 4 members (excludes halogenated alkanes) is 2. The lowest BCUT2D eigenvalue weighted by atomic mass is 10.3. The van der Waals surface area contributed by atoms with Crippen molar-refractivity contribution in [1.29, 1.82) is 0 Å². The first-order chi connectivity index (χ1) is 5.83. The van der Waals surface area contributed by atoms with Gasteiger partial charge >= 0.3 is 0 Å². The van der Waals surface area contributed by atoms with Gasteiger partial charge in [0.25, 0.3) is 0 Å². The molecule has 72 valence electrons. The van der Waals surface area contributed by atoms with E-state index in [-0.39, 0.29) is 0 Å². The van der Waals surface area contributed by atoms with Crippen LogP contribution in [0.4, 0.5) is 0 Å². The second kappa shape index (κ2) is 5.28. The van der Waals surface area contributed by atoms with Gasteiger partial charge in [0, 0.05) is 5.50 Å². The minimum absolute atomic E-state index is 0.878. The SMILES string of the molecule is CCCCC[Si]1(CCl)CCCC1. The monoisotopic (exact) mass is 204 g/mol. The molecule has 1 heterocycles. The summed E-state index contributed by atoms with van der Waals surface area (Å²) >= 11 is 6.11. The molecule has 0 radical (unpaired) electrons. The van der Waals surface area contributed by atoms with E-state index in [2.05, 4.69) is 6.92 Å². The lowest BCUT2D eigenvalue weighted by Crippen LogP contribution is -2.32. The molecule has 0 amide bonds. The molecule has 1 aliphatic rings. The van der Waals surface area contributed by atoms with Crippen molar-refractivity contribution in [3.63, 3.8) is 0 Å². The Morgan fingerprint density at radius 1 is 1.17 bits per heavy atom. The summed E-state index contributed by atoms with van der Waals surface area (Å²) < 4.78 is 0. The first kappa shape index (κ1) is 10.6. The van der Waals surface area contributed by atoms with Gasteiger partial charge in [0.05, 0.1) is 8.07 Å². The van der Waals surface area contributed by atoms with Crippen LogP contribution in [-0.2, 0) is 0 Å². The van der Waals surface area contributed by atoms with Crippen molar-refractivity contribution < 1.29 is 0 Å². The minimum atomic E-state index is -0.878. The Morgan fingerprint density at radius 2 is 1.83 bits per heavy atom. The zero-order valence-corrected chi connectivity index (χ0v) is 10.00. The molecule has 0 atom stereocenters. The summed E-state index contributed by atoms with van der Waals surface area (Å²) in [5.41, 5.74) is 1.04. The first-order valence-corrected chi connectivity index (χ1v) is 8.75. The molecule has 0 aromatic carbocycles. The summed E-state index contributed by atoms with van der Waals surface area (Å²) in [5, 5.41) is 0. The van der Waals surface area contributed by atoms with E-state index in [0.29, 0.717) is 0 Å². The minimum Gasteiger partial charge on any atom is -0.130 e. The van der Waals surface area contributed by atoms with E-state index in [1.807, 2.05) is 0 Å². The lowest BCUT2D eigenvalue weighted by Gasteiger charge is -2.23. The number of hydrogen-bond donors (Lipinski definition) is 0. The number of alkyl halides is 1. The summed E-state index contributed by atoms with van der Waals surface area (Å²) in [6.07, 6.45) is 7.18. The molecule has 0 unspecified atom stereocenters. The molecule has 0 nitrogen and oxygen atoms in total. The molecule has 1 aliphatic heterocycles. The van der Waals surface area contributed by atoms with Crippen LogP contribution in [0.15, 0.2) is 0 Å². The third-order valence-electron chi connectivity index (χ3n) is 3.26. The van der Waals surface area contributed by atoms with Gasteiger partial charge in [0.2, 0.25) is 0 Å². The van der Waals surface area contributed by atoms with Gasteiger partial charge in [-0.15, -0.1) is 11.6 Å². The van der Waals surface area contributed by atoms with Gasteiger partial charge in [0.15, 0.2) is 0 Å². The molecular formula is C10H21ClSi. The molecule has 1 saturated heterocycles. The van der Waals surface area contributed by atoms with Gasteiger partial charge in [-0.2, -0.15) is 0 Å². The van der Waals surface area contributed by atoms with E-state index in [1.165, 1.54) is 50.2 Å². The molecule has 0 spiro atoms. The third kappa shape index (κ3) is 2.77. The summed E-state index contributed by atoms with van der Waals surface area (Å²) in [6, 6.07) is 4.57. The largest absolute Gasteiger partial charge is 0.130 e. The van der Waals surface area contributed by atoms with Gasteiger partial charge in [-0.1, -0.05) is 57.2 Å². The van der Waals surface area contributed by atoms with E-state index < -0.39 is 8.07 Å². The van der Waals surface area contributed by atoms with E-state index in [0.717, 1.165) is 5.50 Å². The second-order valence-electron chi connectivity index (χ2n) is 4.30. The fourth-order valence-corrected chi connectivity index (χ4v) is 7.68. The van der Waals surface area contributed by atoms with Gasteiger partial charge in [-0.25, -0.2) is 0 Å². The second-order valence-corrected chi connectivity index (χ2v) is 9.87. The fraction of sp³-hybridized carbons (Fsp3) is 1.00. The van der Waals surface area contributed by atoms with Crippen LogP contribution in [0.25, 0.3) is 0 Å². The molecule has 12 heavy (non-hydrogen) atoms. The summed E-state index contributed by atoms with van der Waals surface area (Å²) in [6.45, 7) is 2.28. The van der Waals surface area contributed by atoms with Crippen molar-refractivity contribution in [3.05, 3.63) is 0 Å². The predicted molar refractivity (Wildman–Crippen MR) is 59.7 cm³/mol. The standard InChI is InChI=1S/C10H21ClSi/c1-2-3-4-7-12(10-11)8-5-6-9-12/h2-10H2,1H3. The van der Waals surface area contributed by atoms with Crippen molar-refractivity contribution >= 4 is 19.7 Å². The summed E-state index contributed by atoms with van der Waals surface area (Å²) in [4.78, 5) is 0. The van der Waals surface area contributed by atoms with Crippen LogP contribution >= 0.6 is 11.6 Å². The number of rotatable bonds is 5. The Balaban J connectivity index is 2.24. The highest BCUT2D eigenvalue weighted by Crippen LogP contribution is 2.35. The first-order valence-electron chi connectivity index (χ1n) is 5.39. The zero-order valence-electron chi connectivity index (χ0n) is 8.24. The average molecular weight is 205 g/mol. The highest BCUT2D eigenvalue weighted by molar-refractivity contribution is 6.85. The van der Waals surface area contributed by atoms with Crippen molar-refractivity contribution in [2.45, 2.75) is 57.2 Å². The molecule has 1 rings (SSSR count). The van der Waals surface area contributed by atoms with E-state index in [9.17, 15) is 0 Å². The van der Waals surface area contributed by atoms with Crippen LogP contribution in [0.1, 0.15) is 39.0 Å². The van der Waals surface area contributed by atoms with Crippen LogP contribution < -0.4 is 0 Å². The summed E-state index contributed by atoms with van der Waals surface area (Å²) in [7, 11) is -0.878. The number of hydrogen-bond acceptors (Lipinski definition) is 0. The highest BCUT2D eigenvalue weighted by atomic mass is 35.5. The Bertz CT molecular complexity index is 119. The maximum Gasteiger partial charge on any atom is 0.0700 e. The molecule has 0 aromatic rings. The molecule has 0 aromatic heterocycles. The molecule has 0 saturated carbocycles. The quantitative estimate of drug-likeness (QED) is 0.358. The summed E-state index contributed by atoms with van der Waals surface area (Å²) in [5.74, 6) is 0. The maximum atomic E-state index is 6.11. The van der Waals surface area contributed by atoms with E-state index in [4.69, 9.17) is 11.6 Å². The van der Waals surface area contributed by atoms with E-state index in [1.54, 1.807) is 0 Å². The Hall–Kier alpha value is 0.507. The lowest BCUT2D eigenvalue weighted by molar-refractivity contribution is 0.760. The van der Waals surface area contributed by atoms with Gasteiger partial charge < -0.3 is 0 Å². The van der Waals surface area contributed by atoms with Crippen LogP contribution in [0.5, 0.6) is 0 Å². The average Bonchev–Trinajstić information content (AvgIpc) is 2.55. The molecule has 0 bridgehead atoms. The van der Waals surface area contributed by atoms with Gasteiger partial charge in [-0.3, -0.25) is 0 Å². The molecule has 1 fully saturated rings.